The molecular formula is C12H12N4. The fraction of sp³-hybridized carbons (Fsp3) is 0.250. The minimum atomic E-state index is 0.970. The van der Waals surface area contributed by atoms with Gasteiger partial charge < -0.3 is 5.32 Å². The minimum absolute atomic E-state index is 0.970. The van der Waals surface area contributed by atoms with Crippen molar-refractivity contribution in [2.45, 2.75) is 12.8 Å². The third-order valence-corrected chi connectivity index (χ3v) is 2.76. The van der Waals surface area contributed by atoms with Crippen molar-refractivity contribution in [3.63, 3.8) is 0 Å². The van der Waals surface area contributed by atoms with Crippen LogP contribution >= 0.6 is 0 Å². The van der Waals surface area contributed by atoms with Crippen molar-refractivity contribution in [2.75, 3.05) is 11.9 Å². The molecule has 2 aromatic rings. The van der Waals surface area contributed by atoms with E-state index in [2.05, 4.69) is 26.6 Å². The molecule has 4 nitrogen and oxygen atoms in total. The Morgan fingerprint density at radius 3 is 3.00 bits per heavy atom. The van der Waals surface area contributed by atoms with Crippen LogP contribution in [0.25, 0.3) is 11.3 Å². The van der Waals surface area contributed by atoms with Gasteiger partial charge in [-0.25, -0.2) is 0 Å². The van der Waals surface area contributed by atoms with Crippen LogP contribution in [0.1, 0.15) is 12.1 Å². The van der Waals surface area contributed by atoms with Gasteiger partial charge in [-0.3, -0.25) is 4.98 Å². The van der Waals surface area contributed by atoms with Gasteiger partial charge in [-0.15, -0.1) is 0 Å². The fourth-order valence-corrected chi connectivity index (χ4v) is 1.93. The summed E-state index contributed by atoms with van der Waals surface area (Å²) >= 11 is 0. The molecule has 16 heavy (non-hydrogen) atoms. The summed E-state index contributed by atoms with van der Waals surface area (Å²) in [5, 5.41) is 11.0. The van der Waals surface area contributed by atoms with Crippen LogP contribution in [0.2, 0.25) is 0 Å². The lowest BCUT2D eigenvalue weighted by Gasteiger charge is -2.17. The van der Waals surface area contributed by atoms with Crippen LogP contribution in [0.5, 0.6) is 0 Å². The van der Waals surface area contributed by atoms with Gasteiger partial charge in [0.1, 0.15) is 0 Å². The molecule has 4 heteroatoms. The molecule has 2 aromatic heterocycles. The van der Waals surface area contributed by atoms with Gasteiger partial charge in [0.15, 0.2) is 0 Å². The van der Waals surface area contributed by atoms with Crippen molar-refractivity contribution in [2.24, 2.45) is 0 Å². The van der Waals surface area contributed by atoms with Crippen molar-refractivity contribution >= 4 is 5.69 Å². The summed E-state index contributed by atoms with van der Waals surface area (Å²) in [5.74, 6) is 0. The Morgan fingerprint density at radius 1 is 1.12 bits per heavy atom. The maximum atomic E-state index is 4.65. The lowest BCUT2D eigenvalue weighted by atomic mass is 10.1. The van der Waals surface area contributed by atoms with Crippen LogP contribution in [0.15, 0.2) is 30.6 Å². The smallest absolute Gasteiger partial charge is 0.0723 e. The molecule has 1 N–H and O–H groups in total. The van der Waals surface area contributed by atoms with E-state index < -0.39 is 0 Å². The average Bonchev–Trinajstić information content (AvgIpc) is 2.39. The monoisotopic (exact) mass is 212 g/mol. The zero-order valence-corrected chi connectivity index (χ0v) is 8.85. The zero-order valence-electron chi connectivity index (χ0n) is 8.85. The highest BCUT2D eigenvalue weighted by molar-refractivity contribution is 5.62. The first-order chi connectivity index (χ1) is 7.93. The van der Waals surface area contributed by atoms with Crippen molar-refractivity contribution in [3.8, 4) is 11.3 Å². The molecule has 0 atom stereocenters. The zero-order chi connectivity index (χ0) is 10.8. The van der Waals surface area contributed by atoms with Crippen LogP contribution in [-0.2, 0) is 6.42 Å². The molecule has 80 valence electrons. The molecule has 1 aliphatic heterocycles. The summed E-state index contributed by atoms with van der Waals surface area (Å²) in [4.78, 5) is 4.65. The second-order valence-corrected chi connectivity index (χ2v) is 3.85. The third-order valence-electron chi connectivity index (χ3n) is 2.76. The maximum Gasteiger partial charge on any atom is 0.0723 e. The molecule has 0 saturated carbocycles. The lowest BCUT2D eigenvalue weighted by molar-refractivity contribution is 0.803. The van der Waals surface area contributed by atoms with E-state index in [-0.39, 0.29) is 0 Å². The summed E-state index contributed by atoms with van der Waals surface area (Å²) in [7, 11) is 0. The molecule has 0 bridgehead atoms. The van der Waals surface area contributed by atoms with Crippen LogP contribution in [0.3, 0.4) is 0 Å². The number of nitrogens with one attached hydrogen (secondary N) is 1. The van der Waals surface area contributed by atoms with E-state index >= 15 is 0 Å². The number of hydrogen-bond donors (Lipinski definition) is 1. The first-order valence-corrected chi connectivity index (χ1v) is 5.44. The summed E-state index contributed by atoms with van der Waals surface area (Å²) in [5.41, 5.74) is 4.30. The number of anilines is 1. The number of aromatic nitrogens is 3. The predicted molar refractivity (Wildman–Crippen MR) is 62.1 cm³/mol. The molecule has 3 rings (SSSR count). The molecule has 0 unspecified atom stereocenters. The molecule has 0 aliphatic carbocycles. The van der Waals surface area contributed by atoms with Crippen molar-refractivity contribution in [1.82, 2.24) is 15.2 Å². The van der Waals surface area contributed by atoms with E-state index in [1.54, 1.807) is 12.4 Å². The Morgan fingerprint density at radius 2 is 2.12 bits per heavy atom. The standard InChI is InChI=1S/C12H12N4/c1-2-12-11(13-6-1)4-3-10(16-12)9-5-7-14-15-8-9/h3-5,7-8,13H,1-2,6H2. The van der Waals surface area contributed by atoms with Gasteiger partial charge in [0.05, 0.1) is 29.5 Å². The van der Waals surface area contributed by atoms with Gasteiger partial charge >= 0.3 is 0 Å². The topological polar surface area (TPSA) is 50.7 Å². The second-order valence-electron chi connectivity index (χ2n) is 3.85. The Labute approximate surface area is 93.8 Å². The van der Waals surface area contributed by atoms with E-state index in [0.717, 1.165) is 42.0 Å². The third kappa shape index (κ3) is 1.62. The van der Waals surface area contributed by atoms with Crippen molar-refractivity contribution in [1.29, 1.82) is 0 Å². The first-order valence-electron chi connectivity index (χ1n) is 5.44. The molecule has 0 radical (unpaired) electrons. The Hall–Kier alpha value is -1.97. The number of rotatable bonds is 1. The van der Waals surface area contributed by atoms with Gasteiger partial charge in [-0.1, -0.05) is 0 Å². The van der Waals surface area contributed by atoms with E-state index in [4.69, 9.17) is 0 Å². The molecule has 3 heterocycles. The lowest BCUT2D eigenvalue weighted by Crippen LogP contribution is -2.13. The fourth-order valence-electron chi connectivity index (χ4n) is 1.93. The highest BCUT2D eigenvalue weighted by atomic mass is 15.1. The molecule has 0 aromatic carbocycles. The summed E-state index contributed by atoms with van der Waals surface area (Å²) < 4.78 is 0. The van der Waals surface area contributed by atoms with E-state index in [9.17, 15) is 0 Å². The number of pyridine rings is 1. The molecular weight excluding hydrogens is 200 g/mol. The Bertz CT molecular complexity index is 496. The first kappa shape index (κ1) is 9.27. The van der Waals surface area contributed by atoms with Crippen LogP contribution < -0.4 is 5.32 Å². The van der Waals surface area contributed by atoms with Crippen LogP contribution in [0, 0.1) is 0 Å². The molecule has 1 aliphatic rings. The average molecular weight is 212 g/mol. The predicted octanol–water partition coefficient (Wildman–Crippen LogP) is 1.90. The summed E-state index contributed by atoms with van der Waals surface area (Å²) in [6.45, 7) is 1.05. The highest BCUT2D eigenvalue weighted by Crippen LogP contribution is 2.24. The SMILES string of the molecule is c1cc(-c2ccc3c(n2)CCCN3)cnn1. The van der Waals surface area contributed by atoms with Crippen LogP contribution in [0.4, 0.5) is 5.69 Å². The van der Waals surface area contributed by atoms with Crippen LogP contribution in [-0.4, -0.2) is 21.7 Å². The van der Waals surface area contributed by atoms with Crippen molar-refractivity contribution < 1.29 is 0 Å². The van der Waals surface area contributed by atoms with Gasteiger partial charge in [-0.2, -0.15) is 10.2 Å². The van der Waals surface area contributed by atoms with E-state index in [0.29, 0.717) is 0 Å². The quantitative estimate of drug-likeness (QED) is 0.784. The number of nitrogens with zero attached hydrogens (tertiary/aromatic N) is 3. The largest absolute Gasteiger partial charge is 0.384 e. The molecule has 0 saturated heterocycles. The molecule has 0 spiro atoms. The normalized spacial score (nSPS) is 14.0. The van der Waals surface area contributed by atoms with Gasteiger partial charge in [0.2, 0.25) is 0 Å². The maximum absolute atomic E-state index is 4.65. The van der Waals surface area contributed by atoms with Gasteiger partial charge in [-0.05, 0) is 31.0 Å². The highest BCUT2D eigenvalue weighted by Gasteiger charge is 2.10. The van der Waals surface area contributed by atoms with E-state index in [1.807, 2.05) is 12.1 Å². The van der Waals surface area contributed by atoms with E-state index in [1.165, 1.54) is 0 Å². The number of hydrogen-bond acceptors (Lipinski definition) is 4. The van der Waals surface area contributed by atoms with Crippen molar-refractivity contribution in [3.05, 3.63) is 36.3 Å². The summed E-state index contributed by atoms with van der Waals surface area (Å²) in [6.07, 6.45) is 5.63. The second kappa shape index (κ2) is 3.89. The minimum Gasteiger partial charge on any atom is -0.384 e. The molecule has 0 amide bonds. The molecule has 0 fully saturated rings. The van der Waals surface area contributed by atoms with Gasteiger partial charge in [0.25, 0.3) is 0 Å². The number of fused-ring (bicyclic) bond motifs is 1. The van der Waals surface area contributed by atoms with Gasteiger partial charge in [0, 0.05) is 12.1 Å². The summed E-state index contributed by atoms with van der Waals surface area (Å²) in [6, 6.07) is 6.05. The Balaban J connectivity index is 2.03. The Kier molecular flexibility index (Phi) is 2.25. The number of aryl methyl sites for hydroxylation is 1.